The van der Waals surface area contributed by atoms with Crippen molar-refractivity contribution in [1.82, 2.24) is 10.2 Å². The van der Waals surface area contributed by atoms with Gasteiger partial charge in [0.25, 0.3) is 0 Å². The van der Waals surface area contributed by atoms with Crippen molar-refractivity contribution in [3.05, 3.63) is 83.4 Å². The van der Waals surface area contributed by atoms with E-state index < -0.39 is 12.0 Å². The van der Waals surface area contributed by atoms with Crippen LogP contribution in [0, 0.1) is 5.92 Å². The average molecular weight is 491 g/mol. The van der Waals surface area contributed by atoms with Gasteiger partial charge in [0, 0.05) is 19.4 Å². The smallest absolute Gasteiger partial charge is 0.305 e. The van der Waals surface area contributed by atoms with Crippen LogP contribution in [0.25, 0.3) is 0 Å². The minimum absolute atomic E-state index is 0.0378. The van der Waals surface area contributed by atoms with Crippen LogP contribution in [0.3, 0.4) is 0 Å². The molecular formula is C29H34N2O5. The summed E-state index contributed by atoms with van der Waals surface area (Å²) in [5.41, 5.74) is 3.05. The summed E-state index contributed by atoms with van der Waals surface area (Å²) in [5, 5.41) is 13.0. The lowest BCUT2D eigenvalue weighted by atomic mass is 9.92. The Kier molecular flexibility index (Phi) is 8.90. The van der Waals surface area contributed by atoms with Crippen LogP contribution in [0.1, 0.15) is 54.8 Å². The predicted octanol–water partition coefficient (Wildman–Crippen LogP) is 3.47. The maximum atomic E-state index is 13.5. The van der Waals surface area contributed by atoms with Crippen molar-refractivity contribution in [3.63, 3.8) is 0 Å². The molecule has 190 valence electrons. The van der Waals surface area contributed by atoms with Gasteiger partial charge in [0.2, 0.25) is 11.8 Å². The second-order valence-corrected chi connectivity index (χ2v) is 9.49. The summed E-state index contributed by atoms with van der Waals surface area (Å²) in [4.78, 5) is 40.8. The van der Waals surface area contributed by atoms with Crippen LogP contribution < -0.4 is 5.32 Å². The van der Waals surface area contributed by atoms with Gasteiger partial charge >= 0.3 is 5.97 Å². The first-order chi connectivity index (χ1) is 17.5. The van der Waals surface area contributed by atoms with Gasteiger partial charge in [0.15, 0.2) is 0 Å². The lowest BCUT2D eigenvalue weighted by molar-refractivity contribution is -0.145. The molecule has 2 amide bonds. The fourth-order valence-corrected chi connectivity index (χ4v) is 4.84. The number of benzene rings is 2. The van der Waals surface area contributed by atoms with E-state index in [1.807, 2.05) is 66.7 Å². The number of nitrogens with one attached hydrogen (secondary N) is 1. The molecule has 2 aromatic rings. The minimum atomic E-state index is -0.576. The second-order valence-electron chi connectivity index (χ2n) is 9.49. The predicted molar refractivity (Wildman–Crippen MR) is 136 cm³/mol. The van der Waals surface area contributed by atoms with Crippen LogP contribution in [0.4, 0.5) is 0 Å². The lowest BCUT2D eigenvalue weighted by Gasteiger charge is -2.36. The van der Waals surface area contributed by atoms with E-state index in [1.165, 1.54) is 0 Å². The Morgan fingerprint density at radius 2 is 1.78 bits per heavy atom. The van der Waals surface area contributed by atoms with Crippen molar-refractivity contribution in [2.24, 2.45) is 5.92 Å². The standard InChI is InChI=1S/C29H34N2O5/c32-19-25-16-22-12-8-9-14-24(22)18-31(25)27(33)17-23-13-4-1-2-7-15-28(34)36-20-26(30-29(23)35)21-10-5-3-6-11-21/h1,3-6,8-12,14,23,25-26,32H,2,7,13,15-20H2,(H,30,35). The third-order valence-electron chi connectivity index (χ3n) is 6.95. The number of ether oxygens (including phenoxy) is 1. The highest BCUT2D eigenvalue weighted by molar-refractivity contribution is 5.86. The number of hydrogen-bond donors (Lipinski definition) is 2. The molecule has 2 heterocycles. The van der Waals surface area contributed by atoms with Crippen molar-refractivity contribution >= 4 is 17.8 Å². The highest BCUT2D eigenvalue weighted by atomic mass is 16.5. The molecule has 2 N–H and O–H groups in total. The van der Waals surface area contributed by atoms with E-state index in [9.17, 15) is 19.5 Å². The summed E-state index contributed by atoms with van der Waals surface area (Å²) in [5.74, 6) is -1.27. The third-order valence-corrected chi connectivity index (χ3v) is 6.95. The number of carbonyl (C=O) groups is 3. The van der Waals surface area contributed by atoms with E-state index in [1.54, 1.807) is 4.90 Å². The minimum Gasteiger partial charge on any atom is -0.463 e. The number of esters is 1. The largest absolute Gasteiger partial charge is 0.463 e. The topological polar surface area (TPSA) is 95.9 Å². The molecule has 0 saturated carbocycles. The molecule has 0 saturated heterocycles. The number of hydrogen-bond acceptors (Lipinski definition) is 5. The van der Waals surface area contributed by atoms with E-state index in [0.29, 0.717) is 38.6 Å². The normalized spacial score (nSPS) is 23.4. The van der Waals surface area contributed by atoms with Gasteiger partial charge in [0.1, 0.15) is 6.61 Å². The zero-order valence-electron chi connectivity index (χ0n) is 20.5. The van der Waals surface area contributed by atoms with Crippen molar-refractivity contribution < 1.29 is 24.2 Å². The molecule has 2 aliphatic heterocycles. The van der Waals surface area contributed by atoms with Crippen molar-refractivity contribution in [2.45, 2.75) is 57.2 Å². The molecule has 0 aromatic heterocycles. The molecule has 3 unspecified atom stereocenters. The Balaban J connectivity index is 1.52. The molecule has 0 aliphatic carbocycles. The van der Waals surface area contributed by atoms with Gasteiger partial charge in [-0.25, -0.2) is 0 Å². The van der Waals surface area contributed by atoms with Crippen molar-refractivity contribution in [3.8, 4) is 0 Å². The summed E-state index contributed by atoms with van der Waals surface area (Å²) in [6.45, 7) is 0.337. The lowest BCUT2D eigenvalue weighted by Crippen LogP contribution is -2.47. The van der Waals surface area contributed by atoms with Crippen molar-refractivity contribution in [2.75, 3.05) is 13.2 Å². The third kappa shape index (κ3) is 6.61. The number of fused-ring (bicyclic) bond motifs is 1. The number of aliphatic hydroxyl groups is 1. The summed E-state index contributed by atoms with van der Waals surface area (Å²) in [7, 11) is 0. The van der Waals surface area contributed by atoms with Gasteiger partial charge < -0.3 is 20.1 Å². The molecule has 0 spiro atoms. The van der Waals surface area contributed by atoms with Crippen LogP contribution in [-0.2, 0) is 32.1 Å². The fraction of sp³-hybridized carbons (Fsp3) is 0.414. The number of allylic oxidation sites excluding steroid dienone is 2. The first kappa shape index (κ1) is 25.6. The van der Waals surface area contributed by atoms with Gasteiger partial charge in [-0.2, -0.15) is 0 Å². The van der Waals surface area contributed by atoms with E-state index in [4.69, 9.17) is 4.74 Å². The monoisotopic (exact) mass is 490 g/mol. The number of amides is 2. The second kappa shape index (κ2) is 12.5. The molecule has 3 atom stereocenters. The molecule has 7 nitrogen and oxygen atoms in total. The number of cyclic esters (lactones) is 1. The Hall–Kier alpha value is -3.45. The summed E-state index contributed by atoms with van der Waals surface area (Å²) >= 11 is 0. The Labute approximate surface area is 212 Å². The van der Waals surface area contributed by atoms with Crippen LogP contribution in [0.5, 0.6) is 0 Å². The molecule has 0 bridgehead atoms. The molecule has 2 aliphatic rings. The van der Waals surface area contributed by atoms with Crippen LogP contribution in [-0.4, -0.2) is 47.0 Å². The summed E-state index contributed by atoms with van der Waals surface area (Å²) in [6.07, 6.45) is 6.62. The highest BCUT2D eigenvalue weighted by Crippen LogP contribution is 2.26. The zero-order chi connectivity index (χ0) is 25.3. The number of nitrogens with zero attached hydrogens (tertiary/aromatic N) is 1. The van der Waals surface area contributed by atoms with Crippen molar-refractivity contribution in [1.29, 1.82) is 0 Å². The molecule has 0 radical (unpaired) electrons. The Bertz CT molecular complexity index is 1080. The Morgan fingerprint density at radius 3 is 2.56 bits per heavy atom. The molecule has 4 rings (SSSR count). The highest BCUT2D eigenvalue weighted by Gasteiger charge is 2.32. The van der Waals surface area contributed by atoms with Crippen LogP contribution in [0.15, 0.2) is 66.7 Å². The van der Waals surface area contributed by atoms with Gasteiger partial charge in [0.05, 0.1) is 24.6 Å². The average Bonchev–Trinajstić information content (AvgIpc) is 2.92. The van der Waals surface area contributed by atoms with Crippen LogP contribution >= 0.6 is 0 Å². The van der Waals surface area contributed by atoms with E-state index >= 15 is 0 Å². The maximum Gasteiger partial charge on any atom is 0.305 e. The van der Waals surface area contributed by atoms with Gasteiger partial charge in [-0.05, 0) is 42.4 Å². The number of rotatable bonds is 4. The first-order valence-electron chi connectivity index (χ1n) is 12.7. The SMILES string of the molecule is O=C1CCCC=CCC(CC(=O)N2Cc3ccccc3CC2CO)C(=O)NC(c2ccccc2)CO1. The Morgan fingerprint density at radius 1 is 1.03 bits per heavy atom. The van der Waals surface area contributed by atoms with E-state index in [2.05, 4.69) is 5.32 Å². The van der Waals surface area contributed by atoms with Crippen LogP contribution in [0.2, 0.25) is 0 Å². The fourth-order valence-electron chi connectivity index (χ4n) is 4.84. The van der Waals surface area contributed by atoms with Gasteiger partial charge in [-0.3, -0.25) is 14.4 Å². The van der Waals surface area contributed by atoms with E-state index in [0.717, 1.165) is 16.7 Å². The molecule has 36 heavy (non-hydrogen) atoms. The van der Waals surface area contributed by atoms with Gasteiger partial charge in [-0.1, -0.05) is 66.7 Å². The molecule has 0 fully saturated rings. The quantitative estimate of drug-likeness (QED) is 0.506. The first-order valence-corrected chi connectivity index (χ1v) is 12.7. The maximum absolute atomic E-state index is 13.5. The molecule has 2 aromatic carbocycles. The molecule has 7 heteroatoms. The number of carbonyl (C=O) groups excluding carboxylic acids is 3. The number of aliphatic hydroxyl groups excluding tert-OH is 1. The zero-order valence-corrected chi connectivity index (χ0v) is 20.5. The summed E-state index contributed by atoms with van der Waals surface area (Å²) in [6, 6.07) is 16.5. The van der Waals surface area contributed by atoms with Gasteiger partial charge in [-0.15, -0.1) is 0 Å². The summed E-state index contributed by atoms with van der Waals surface area (Å²) < 4.78 is 5.46. The molecular weight excluding hydrogens is 456 g/mol. The van der Waals surface area contributed by atoms with E-state index in [-0.39, 0.29) is 43.5 Å².